The molecule has 2 fully saturated rings. The van der Waals surface area contributed by atoms with Gasteiger partial charge in [-0.2, -0.15) is 0 Å². The fourth-order valence-electron chi connectivity index (χ4n) is 3.22. The average Bonchev–Trinajstić information content (AvgIpc) is 2.48. The van der Waals surface area contributed by atoms with Gasteiger partial charge >= 0.3 is 5.97 Å². The highest BCUT2D eigenvalue weighted by Crippen LogP contribution is 2.27. The summed E-state index contributed by atoms with van der Waals surface area (Å²) in [5.74, 6) is 0.273. The van der Waals surface area contributed by atoms with Crippen molar-refractivity contribution < 1.29 is 14.3 Å². The highest BCUT2D eigenvalue weighted by atomic mass is 16.5. The summed E-state index contributed by atoms with van der Waals surface area (Å²) in [4.78, 5) is 26.0. The minimum atomic E-state index is -0.108. The zero-order chi connectivity index (χ0) is 14.5. The van der Waals surface area contributed by atoms with Gasteiger partial charge in [-0.1, -0.05) is 0 Å². The van der Waals surface area contributed by atoms with Gasteiger partial charge in [-0.25, -0.2) is 0 Å². The number of nitrogens with two attached hydrogens (primary N) is 1. The summed E-state index contributed by atoms with van der Waals surface area (Å²) < 4.78 is 5.05. The predicted molar refractivity (Wildman–Crippen MR) is 75.9 cm³/mol. The SMILES string of the molecule is CCOC(=O)C1CCN(C(=O)C2CCC(N)CC2)CC1. The molecule has 0 aromatic heterocycles. The topological polar surface area (TPSA) is 72.6 Å². The molecular formula is C15H26N2O3. The van der Waals surface area contributed by atoms with Crippen LogP contribution in [0.4, 0.5) is 0 Å². The van der Waals surface area contributed by atoms with Crippen molar-refractivity contribution in [1.82, 2.24) is 4.90 Å². The lowest BCUT2D eigenvalue weighted by atomic mass is 9.85. The highest BCUT2D eigenvalue weighted by Gasteiger charge is 2.32. The van der Waals surface area contributed by atoms with E-state index in [9.17, 15) is 9.59 Å². The minimum absolute atomic E-state index is 0.0289. The maximum absolute atomic E-state index is 12.4. The molecule has 0 atom stereocenters. The Bertz CT molecular complexity index is 343. The number of carbonyl (C=O) groups is 2. The van der Waals surface area contributed by atoms with Crippen molar-refractivity contribution in [1.29, 1.82) is 0 Å². The fraction of sp³-hybridized carbons (Fsp3) is 0.867. The average molecular weight is 282 g/mol. The van der Waals surface area contributed by atoms with E-state index in [2.05, 4.69) is 0 Å². The molecule has 1 aliphatic carbocycles. The number of ether oxygens (including phenoxy) is 1. The van der Waals surface area contributed by atoms with Crippen LogP contribution in [-0.4, -0.2) is 42.5 Å². The number of amides is 1. The predicted octanol–water partition coefficient (Wildman–Crippen LogP) is 1.31. The molecule has 1 heterocycles. The summed E-state index contributed by atoms with van der Waals surface area (Å²) in [6.07, 6.45) is 5.20. The molecule has 0 spiro atoms. The van der Waals surface area contributed by atoms with Crippen LogP contribution in [0.3, 0.4) is 0 Å². The van der Waals surface area contributed by atoms with Crippen molar-refractivity contribution in [2.75, 3.05) is 19.7 Å². The highest BCUT2D eigenvalue weighted by molar-refractivity contribution is 5.79. The number of nitrogens with zero attached hydrogens (tertiary/aromatic N) is 1. The largest absolute Gasteiger partial charge is 0.466 e. The first-order valence-electron chi connectivity index (χ1n) is 7.82. The van der Waals surface area contributed by atoms with E-state index in [1.54, 1.807) is 0 Å². The van der Waals surface area contributed by atoms with Crippen molar-refractivity contribution in [2.45, 2.75) is 51.5 Å². The number of likely N-dealkylation sites (tertiary alicyclic amines) is 1. The third kappa shape index (κ3) is 3.72. The number of hydrogen-bond donors (Lipinski definition) is 1. The molecule has 0 unspecified atom stereocenters. The van der Waals surface area contributed by atoms with Gasteiger partial charge in [0.15, 0.2) is 0 Å². The molecule has 1 saturated carbocycles. The zero-order valence-corrected chi connectivity index (χ0v) is 12.3. The Hall–Kier alpha value is -1.10. The van der Waals surface area contributed by atoms with Gasteiger partial charge in [-0.05, 0) is 45.4 Å². The Labute approximate surface area is 120 Å². The van der Waals surface area contributed by atoms with E-state index in [1.807, 2.05) is 11.8 Å². The van der Waals surface area contributed by atoms with Crippen molar-refractivity contribution in [3.05, 3.63) is 0 Å². The normalized spacial score (nSPS) is 28.2. The molecule has 2 aliphatic rings. The van der Waals surface area contributed by atoms with Crippen molar-refractivity contribution in [3.8, 4) is 0 Å². The molecule has 5 heteroatoms. The summed E-state index contributed by atoms with van der Waals surface area (Å²) in [5.41, 5.74) is 5.88. The van der Waals surface area contributed by atoms with E-state index in [0.717, 1.165) is 38.5 Å². The molecule has 0 radical (unpaired) electrons. The van der Waals surface area contributed by atoms with E-state index in [0.29, 0.717) is 19.7 Å². The fourth-order valence-corrected chi connectivity index (χ4v) is 3.22. The lowest BCUT2D eigenvalue weighted by Gasteiger charge is -2.35. The van der Waals surface area contributed by atoms with Gasteiger partial charge < -0.3 is 15.4 Å². The number of hydrogen-bond acceptors (Lipinski definition) is 4. The van der Waals surface area contributed by atoms with E-state index < -0.39 is 0 Å². The Balaban J connectivity index is 1.78. The van der Waals surface area contributed by atoms with Crippen molar-refractivity contribution in [2.24, 2.45) is 17.6 Å². The van der Waals surface area contributed by atoms with E-state index in [1.165, 1.54) is 0 Å². The van der Waals surface area contributed by atoms with Crippen LogP contribution >= 0.6 is 0 Å². The molecule has 0 aromatic rings. The summed E-state index contributed by atoms with van der Waals surface area (Å²) in [6, 6.07) is 0.272. The Morgan fingerprint density at radius 2 is 1.65 bits per heavy atom. The van der Waals surface area contributed by atoms with Crippen LogP contribution in [0.1, 0.15) is 45.4 Å². The van der Waals surface area contributed by atoms with Gasteiger partial charge in [0, 0.05) is 25.0 Å². The Kier molecular flexibility index (Phi) is 5.40. The van der Waals surface area contributed by atoms with Crippen LogP contribution in [0.15, 0.2) is 0 Å². The number of esters is 1. The molecule has 1 aliphatic heterocycles. The maximum Gasteiger partial charge on any atom is 0.309 e. The summed E-state index contributed by atoms with van der Waals surface area (Å²) in [7, 11) is 0. The lowest BCUT2D eigenvalue weighted by molar-refractivity contribution is -0.152. The molecule has 2 N–H and O–H groups in total. The number of carbonyl (C=O) groups excluding carboxylic acids is 2. The first-order valence-corrected chi connectivity index (χ1v) is 7.82. The molecule has 2 rings (SSSR count). The summed E-state index contributed by atoms with van der Waals surface area (Å²) in [5, 5.41) is 0. The van der Waals surface area contributed by atoms with Gasteiger partial charge in [0.2, 0.25) is 5.91 Å². The van der Waals surface area contributed by atoms with E-state index in [-0.39, 0.29) is 29.8 Å². The molecular weight excluding hydrogens is 256 g/mol. The van der Waals surface area contributed by atoms with Crippen LogP contribution in [-0.2, 0) is 14.3 Å². The molecule has 5 nitrogen and oxygen atoms in total. The van der Waals surface area contributed by atoms with Gasteiger partial charge in [-0.15, -0.1) is 0 Å². The van der Waals surface area contributed by atoms with Gasteiger partial charge in [0.05, 0.1) is 12.5 Å². The molecule has 114 valence electrons. The van der Waals surface area contributed by atoms with E-state index >= 15 is 0 Å². The van der Waals surface area contributed by atoms with Gasteiger partial charge in [-0.3, -0.25) is 9.59 Å². The molecule has 1 amide bonds. The molecule has 0 aromatic carbocycles. The second-order valence-electron chi connectivity index (χ2n) is 5.96. The number of piperidine rings is 1. The third-order valence-electron chi connectivity index (χ3n) is 4.55. The van der Waals surface area contributed by atoms with Crippen LogP contribution < -0.4 is 5.73 Å². The van der Waals surface area contributed by atoms with Crippen LogP contribution in [0.2, 0.25) is 0 Å². The summed E-state index contributed by atoms with van der Waals surface area (Å²) >= 11 is 0. The summed E-state index contributed by atoms with van der Waals surface area (Å²) in [6.45, 7) is 3.63. The van der Waals surface area contributed by atoms with Crippen molar-refractivity contribution >= 4 is 11.9 Å². The Morgan fingerprint density at radius 3 is 2.20 bits per heavy atom. The first-order chi connectivity index (χ1) is 9.61. The minimum Gasteiger partial charge on any atom is -0.466 e. The molecule has 20 heavy (non-hydrogen) atoms. The molecule has 0 bridgehead atoms. The first kappa shape index (κ1) is 15.3. The van der Waals surface area contributed by atoms with Crippen molar-refractivity contribution in [3.63, 3.8) is 0 Å². The second kappa shape index (κ2) is 7.07. The van der Waals surface area contributed by atoms with Crippen LogP contribution in [0, 0.1) is 11.8 Å². The van der Waals surface area contributed by atoms with Gasteiger partial charge in [0.25, 0.3) is 0 Å². The Morgan fingerprint density at radius 1 is 1.05 bits per heavy atom. The molecule has 1 saturated heterocycles. The number of rotatable bonds is 3. The van der Waals surface area contributed by atoms with E-state index in [4.69, 9.17) is 10.5 Å². The second-order valence-corrected chi connectivity index (χ2v) is 5.96. The third-order valence-corrected chi connectivity index (χ3v) is 4.55. The lowest BCUT2D eigenvalue weighted by Crippen LogP contribution is -2.44. The van der Waals surface area contributed by atoms with Crippen LogP contribution in [0.25, 0.3) is 0 Å². The van der Waals surface area contributed by atoms with Crippen LogP contribution in [0.5, 0.6) is 0 Å². The standard InChI is InChI=1S/C15H26N2O3/c1-2-20-15(19)12-7-9-17(10-8-12)14(18)11-3-5-13(16)6-4-11/h11-13H,2-10,16H2,1H3. The monoisotopic (exact) mass is 282 g/mol. The quantitative estimate of drug-likeness (QED) is 0.792. The smallest absolute Gasteiger partial charge is 0.309 e. The zero-order valence-electron chi connectivity index (χ0n) is 12.3. The maximum atomic E-state index is 12.4. The van der Waals surface area contributed by atoms with Gasteiger partial charge in [0.1, 0.15) is 0 Å².